The maximum Gasteiger partial charge on any atom is 0.311 e. The van der Waals surface area contributed by atoms with Crippen molar-refractivity contribution in [2.75, 3.05) is 26.7 Å². The highest BCUT2D eigenvalue weighted by atomic mass is 16.6. The first-order valence-electron chi connectivity index (χ1n) is 7.92. The van der Waals surface area contributed by atoms with Crippen molar-refractivity contribution in [3.05, 3.63) is 69.8 Å². The van der Waals surface area contributed by atoms with Crippen LogP contribution in [0, 0.1) is 10.1 Å². The van der Waals surface area contributed by atoms with Gasteiger partial charge in [-0.15, -0.1) is 0 Å². The van der Waals surface area contributed by atoms with Gasteiger partial charge in [-0.3, -0.25) is 14.9 Å². The van der Waals surface area contributed by atoms with Crippen LogP contribution < -0.4 is 10.5 Å². The Labute approximate surface area is 146 Å². The van der Waals surface area contributed by atoms with Crippen molar-refractivity contribution in [1.29, 1.82) is 0 Å². The normalized spacial score (nSPS) is 10.3. The van der Waals surface area contributed by atoms with Gasteiger partial charge in [0.25, 0.3) is 5.91 Å². The van der Waals surface area contributed by atoms with E-state index in [-0.39, 0.29) is 22.9 Å². The Hall–Kier alpha value is -2.93. The Morgan fingerprint density at radius 3 is 2.52 bits per heavy atom. The standard InChI is InChI=1S/C18H21N3O4/c1-25-17-8-7-15(13-16(17)21(23)24)18(22)20(12-10-19)11-9-14-5-3-2-4-6-14/h2-8,13H,9-12,19H2,1H3. The summed E-state index contributed by atoms with van der Waals surface area (Å²) in [4.78, 5) is 24.9. The lowest BCUT2D eigenvalue weighted by Gasteiger charge is -2.22. The minimum absolute atomic E-state index is 0.121. The number of hydrogen-bond acceptors (Lipinski definition) is 5. The van der Waals surface area contributed by atoms with Crippen molar-refractivity contribution in [3.8, 4) is 5.75 Å². The number of methoxy groups -OCH3 is 1. The first-order valence-corrected chi connectivity index (χ1v) is 7.92. The summed E-state index contributed by atoms with van der Waals surface area (Å²) in [6, 6.07) is 14.0. The van der Waals surface area contributed by atoms with Gasteiger partial charge in [-0.2, -0.15) is 0 Å². The second-order valence-corrected chi connectivity index (χ2v) is 5.46. The molecule has 0 heterocycles. The van der Waals surface area contributed by atoms with Crippen molar-refractivity contribution >= 4 is 11.6 Å². The van der Waals surface area contributed by atoms with Gasteiger partial charge in [0, 0.05) is 31.3 Å². The van der Waals surface area contributed by atoms with Crippen molar-refractivity contribution in [1.82, 2.24) is 4.90 Å². The number of rotatable bonds is 8. The number of ether oxygens (including phenoxy) is 1. The molecule has 7 nitrogen and oxygen atoms in total. The van der Waals surface area contributed by atoms with Gasteiger partial charge in [0.2, 0.25) is 0 Å². The number of benzene rings is 2. The molecule has 2 aromatic rings. The zero-order valence-electron chi connectivity index (χ0n) is 14.1. The topological polar surface area (TPSA) is 98.7 Å². The molecular weight excluding hydrogens is 322 g/mol. The van der Waals surface area contributed by atoms with Crippen LogP contribution in [0.15, 0.2) is 48.5 Å². The third-order valence-corrected chi connectivity index (χ3v) is 3.82. The zero-order chi connectivity index (χ0) is 18.2. The lowest BCUT2D eigenvalue weighted by Crippen LogP contribution is -2.37. The van der Waals surface area contributed by atoms with Crippen molar-refractivity contribution in [3.63, 3.8) is 0 Å². The first-order chi connectivity index (χ1) is 12.1. The number of amides is 1. The van der Waals surface area contributed by atoms with Crippen LogP contribution in [0.4, 0.5) is 5.69 Å². The highest BCUT2D eigenvalue weighted by Gasteiger charge is 2.21. The lowest BCUT2D eigenvalue weighted by atomic mass is 10.1. The summed E-state index contributed by atoms with van der Waals surface area (Å²) in [6.07, 6.45) is 0.685. The van der Waals surface area contributed by atoms with Gasteiger partial charge in [-0.1, -0.05) is 30.3 Å². The third kappa shape index (κ3) is 4.77. The maximum absolute atomic E-state index is 12.7. The number of nitro benzene ring substituents is 1. The molecule has 0 bridgehead atoms. The Kier molecular flexibility index (Phi) is 6.47. The summed E-state index contributed by atoms with van der Waals surface area (Å²) >= 11 is 0. The van der Waals surface area contributed by atoms with Crippen molar-refractivity contribution in [2.24, 2.45) is 5.73 Å². The Morgan fingerprint density at radius 2 is 1.92 bits per heavy atom. The molecular formula is C18H21N3O4. The minimum Gasteiger partial charge on any atom is -0.490 e. The van der Waals surface area contributed by atoms with E-state index in [9.17, 15) is 14.9 Å². The molecule has 2 aromatic carbocycles. The first kappa shape index (κ1) is 18.4. The molecule has 0 aliphatic heterocycles. The molecule has 0 spiro atoms. The van der Waals surface area contributed by atoms with E-state index in [4.69, 9.17) is 10.5 Å². The summed E-state index contributed by atoms with van der Waals surface area (Å²) < 4.78 is 4.97. The second-order valence-electron chi connectivity index (χ2n) is 5.46. The molecule has 1 amide bonds. The summed E-state index contributed by atoms with van der Waals surface area (Å²) in [7, 11) is 1.35. The van der Waals surface area contributed by atoms with Crippen LogP contribution >= 0.6 is 0 Å². The predicted molar refractivity (Wildman–Crippen MR) is 94.8 cm³/mol. The highest BCUT2D eigenvalue weighted by Crippen LogP contribution is 2.28. The lowest BCUT2D eigenvalue weighted by molar-refractivity contribution is -0.385. The molecule has 7 heteroatoms. The molecule has 0 fully saturated rings. The van der Waals surface area contributed by atoms with E-state index in [0.717, 1.165) is 5.56 Å². The fraction of sp³-hybridized carbons (Fsp3) is 0.278. The number of nitro groups is 1. The highest BCUT2D eigenvalue weighted by molar-refractivity contribution is 5.95. The summed E-state index contributed by atoms with van der Waals surface area (Å²) in [5.41, 5.74) is 6.74. The summed E-state index contributed by atoms with van der Waals surface area (Å²) in [6.45, 7) is 1.18. The van der Waals surface area contributed by atoms with Gasteiger partial charge < -0.3 is 15.4 Å². The monoisotopic (exact) mass is 343 g/mol. The molecule has 0 saturated carbocycles. The molecule has 2 rings (SSSR count). The van der Waals surface area contributed by atoms with Crippen LogP contribution in [0.1, 0.15) is 15.9 Å². The molecule has 0 saturated heterocycles. The molecule has 0 atom stereocenters. The second kappa shape index (κ2) is 8.79. The molecule has 0 unspecified atom stereocenters. The van der Waals surface area contributed by atoms with E-state index >= 15 is 0 Å². The van der Waals surface area contributed by atoms with Gasteiger partial charge in [0.15, 0.2) is 5.75 Å². The average molecular weight is 343 g/mol. The van der Waals surface area contributed by atoms with Crippen LogP contribution in [-0.4, -0.2) is 42.5 Å². The van der Waals surface area contributed by atoms with E-state index in [1.54, 1.807) is 4.90 Å². The number of hydrogen-bond donors (Lipinski definition) is 1. The maximum atomic E-state index is 12.7. The molecule has 0 aliphatic rings. The SMILES string of the molecule is COc1ccc(C(=O)N(CCN)CCc2ccccc2)cc1[N+](=O)[O-]. The van der Waals surface area contributed by atoms with Gasteiger partial charge in [-0.25, -0.2) is 0 Å². The molecule has 0 radical (unpaired) electrons. The zero-order valence-corrected chi connectivity index (χ0v) is 14.1. The molecule has 2 N–H and O–H groups in total. The Balaban J connectivity index is 2.19. The Morgan fingerprint density at radius 1 is 1.20 bits per heavy atom. The quantitative estimate of drug-likeness (QED) is 0.585. The largest absolute Gasteiger partial charge is 0.490 e. The van der Waals surface area contributed by atoms with E-state index < -0.39 is 4.92 Å². The number of carbonyl (C=O) groups excluding carboxylic acids is 1. The molecule has 0 aliphatic carbocycles. The van der Waals surface area contributed by atoms with Gasteiger partial charge in [-0.05, 0) is 24.1 Å². The number of nitrogens with zero attached hydrogens (tertiary/aromatic N) is 2. The smallest absolute Gasteiger partial charge is 0.311 e. The number of carbonyl (C=O) groups is 1. The van der Waals surface area contributed by atoms with E-state index in [1.165, 1.54) is 25.3 Å². The van der Waals surface area contributed by atoms with Crippen LogP contribution in [0.3, 0.4) is 0 Å². The molecule has 25 heavy (non-hydrogen) atoms. The van der Waals surface area contributed by atoms with Gasteiger partial charge in [0.05, 0.1) is 12.0 Å². The van der Waals surface area contributed by atoms with Crippen LogP contribution in [0.5, 0.6) is 5.75 Å². The van der Waals surface area contributed by atoms with Gasteiger partial charge >= 0.3 is 5.69 Å². The number of nitrogens with two attached hydrogens (primary N) is 1. The summed E-state index contributed by atoms with van der Waals surface area (Å²) in [5, 5.41) is 11.1. The Bertz CT molecular complexity index is 734. The van der Waals surface area contributed by atoms with Gasteiger partial charge in [0.1, 0.15) is 0 Å². The van der Waals surface area contributed by atoms with Crippen LogP contribution in [0.2, 0.25) is 0 Å². The van der Waals surface area contributed by atoms with E-state index in [2.05, 4.69) is 0 Å². The molecule has 0 aromatic heterocycles. The average Bonchev–Trinajstić information content (AvgIpc) is 2.64. The van der Waals surface area contributed by atoms with Crippen LogP contribution in [0.25, 0.3) is 0 Å². The fourth-order valence-corrected chi connectivity index (χ4v) is 2.53. The van der Waals surface area contributed by atoms with Crippen LogP contribution in [-0.2, 0) is 6.42 Å². The van der Waals surface area contributed by atoms with Crippen molar-refractivity contribution < 1.29 is 14.5 Å². The van der Waals surface area contributed by atoms with E-state index in [1.807, 2.05) is 30.3 Å². The fourth-order valence-electron chi connectivity index (χ4n) is 2.53. The minimum atomic E-state index is -0.563. The third-order valence-electron chi connectivity index (χ3n) is 3.82. The summed E-state index contributed by atoms with van der Waals surface area (Å²) in [5.74, 6) is -0.164. The predicted octanol–water partition coefficient (Wildman–Crippen LogP) is 2.25. The van der Waals surface area contributed by atoms with E-state index in [0.29, 0.717) is 26.1 Å². The van der Waals surface area contributed by atoms with Crippen molar-refractivity contribution in [2.45, 2.75) is 6.42 Å². The molecule has 132 valence electrons.